The van der Waals surface area contributed by atoms with Crippen LogP contribution in [-0.4, -0.2) is 35.2 Å². The maximum Gasteiger partial charge on any atom is 0.251 e. The van der Waals surface area contributed by atoms with Crippen molar-refractivity contribution in [3.63, 3.8) is 0 Å². The zero-order valence-electron chi connectivity index (χ0n) is 17.7. The Morgan fingerprint density at radius 3 is 2.41 bits per heavy atom. The number of Topliss-reactive ketones (excluding diaryl/α,β-unsaturated/α-hetero) is 1. The summed E-state index contributed by atoms with van der Waals surface area (Å²) in [7, 11) is 0. The minimum Gasteiger partial charge on any atom is -0.473 e. The highest BCUT2D eigenvalue weighted by molar-refractivity contribution is 6.35. The number of hydrogen-bond acceptors (Lipinski definition) is 5. The lowest BCUT2D eigenvalue weighted by atomic mass is 9.86. The van der Waals surface area contributed by atoms with Crippen LogP contribution < -0.4 is 15.4 Å². The fraction of sp³-hybridized carbons (Fsp3) is 0.391. The van der Waals surface area contributed by atoms with Gasteiger partial charge in [0.2, 0.25) is 11.8 Å². The molecule has 1 aliphatic carbocycles. The number of benzene rings is 1. The topological polar surface area (TPSA) is 97.4 Å². The largest absolute Gasteiger partial charge is 0.473 e. The molecule has 2 N–H and O–H groups in total. The molecule has 3 rings (SSSR count). The molecule has 170 valence electrons. The maximum atomic E-state index is 12.6. The minimum atomic E-state index is -0.252. The molecule has 1 saturated carbocycles. The number of nitrogens with zero attached hydrogens (tertiary/aromatic N) is 1. The van der Waals surface area contributed by atoms with Crippen LogP contribution in [0.15, 0.2) is 36.5 Å². The third-order valence-electron chi connectivity index (χ3n) is 5.27. The van der Waals surface area contributed by atoms with Gasteiger partial charge in [-0.15, -0.1) is 0 Å². The number of rotatable bonds is 8. The molecule has 0 radical (unpaired) electrons. The number of amides is 2. The monoisotopic (exact) mass is 477 g/mol. The molecule has 9 heteroatoms. The summed E-state index contributed by atoms with van der Waals surface area (Å²) >= 11 is 12.0. The summed E-state index contributed by atoms with van der Waals surface area (Å²) in [5.74, 6) is -0.0377. The fourth-order valence-electron chi connectivity index (χ4n) is 3.49. The lowest BCUT2D eigenvalue weighted by Gasteiger charge is -2.28. The molecular weight excluding hydrogens is 453 g/mol. The van der Waals surface area contributed by atoms with Crippen LogP contribution in [0.1, 0.15) is 49.4 Å². The van der Waals surface area contributed by atoms with Gasteiger partial charge in [0, 0.05) is 36.3 Å². The SMILES string of the molecule is CC(=O)CCNC(=O)c1ccc(NC(=O)C2CCC(Oc3ncc(Cl)cc3Cl)CC2)cc1. The summed E-state index contributed by atoms with van der Waals surface area (Å²) in [6, 6.07) is 8.27. The Morgan fingerprint density at radius 2 is 1.78 bits per heavy atom. The van der Waals surface area contributed by atoms with E-state index in [1.807, 2.05) is 0 Å². The molecule has 1 aliphatic rings. The third-order valence-corrected chi connectivity index (χ3v) is 5.75. The third kappa shape index (κ3) is 6.93. The van der Waals surface area contributed by atoms with Crippen LogP contribution in [0.4, 0.5) is 5.69 Å². The second kappa shape index (κ2) is 11.3. The zero-order valence-corrected chi connectivity index (χ0v) is 19.2. The number of carbonyl (C=O) groups is 3. The number of nitrogens with one attached hydrogen (secondary N) is 2. The number of aromatic nitrogens is 1. The van der Waals surface area contributed by atoms with Crippen molar-refractivity contribution in [2.45, 2.75) is 45.1 Å². The van der Waals surface area contributed by atoms with Crippen LogP contribution in [0.2, 0.25) is 10.0 Å². The van der Waals surface area contributed by atoms with Crippen LogP contribution in [0.5, 0.6) is 5.88 Å². The van der Waals surface area contributed by atoms with Gasteiger partial charge in [-0.3, -0.25) is 14.4 Å². The molecule has 1 fully saturated rings. The first kappa shape index (κ1) is 24.0. The second-order valence-electron chi connectivity index (χ2n) is 7.81. The van der Waals surface area contributed by atoms with Crippen molar-refractivity contribution in [1.82, 2.24) is 10.3 Å². The molecule has 0 aliphatic heterocycles. The van der Waals surface area contributed by atoms with E-state index in [2.05, 4.69) is 15.6 Å². The van der Waals surface area contributed by atoms with E-state index in [-0.39, 0.29) is 29.6 Å². The number of carbonyl (C=O) groups excluding carboxylic acids is 3. The second-order valence-corrected chi connectivity index (χ2v) is 8.65. The van der Waals surface area contributed by atoms with E-state index in [4.69, 9.17) is 27.9 Å². The van der Waals surface area contributed by atoms with Gasteiger partial charge in [0.15, 0.2) is 0 Å². The van der Waals surface area contributed by atoms with Crippen molar-refractivity contribution in [2.24, 2.45) is 5.92 Å². The fourth-order valence-corrected chi connectivity index (χ4v) is 3.92. The molecule has 0 saturated heterocycles. The van der Waals surface area contributed by atoms with E-state index >= 15 is 0 Å². The first-order chi connectivity index (χ1) is 15.3. The first-order valence-corrected chi connectivity index (χ1v) is 11.2. The number of pyridine rings is 1. The van der Waals surface area contributed by atoms with Crippen LogP contribution in [-0.2, 0) is 9.59 Å². The van der Waals surface area contributed by atoms with Gasteiger partial charge in [0.25, 0.3) is 5.91 Å². The molecule has 0 atom stereocenters. The molecular formula is C23H25Cl2N3O4. The first-order valence-electron chi connectivity index (χ1n) is 10.5. The van der Waals surface area contributed by atoms with Crippen molar-refractivity contribution in [3.8, 4) is 5.88 Å². The van der Waals surface area contributed by atoms with Crippen molar-refractivity contribution < 1.29 is 19.1 Å². The summed E-state index contributed by atoms with van der Waals surface area (Å²) in [6.45, 7) is 1.79. The predicted molar refractivity (Wildman–Crippen MR) is 123 cm³/mol. The minimum absolute atomic E-state index is 0.0226. The molecule has 0 spiro atoms. The number of halogens is 2. The predicted octanol–water partition coefficient (Wildman–Crippen LogP) is 4.67. The highest BCUT2D eigenvalue weighted by Crippen LogP contribution is 2.31. The van der Waals surface area contributed by atoms with Crippen molar-refractivity contribution in [2.75, 3.05) is 11.9 Å². The summed E-state index contributed by atoms with van der Waals surface area (Å²) in [5.41, 5.74) is 1.10. The van der Waals surface area contributed by atoms with Crippen LogP contribution in [0.3, 0.4) is 0 Å². The molecule has 2 amide bonds. The van der Waals surface area contributed by atoms with E-state index in [1.54, 1.807) is 30.3 Å². The van der Waals surface area contributed by atoms with E-state index in [0.717, 1.165) is 12.8 Å². The smallest absolute Gasteiger partial charge is 0.251 e. The van der Waals surface area contributed by atoms with Crippen molar-refractivity contribution in [1.29, 1.82) is 0 Å². The van der Waals surface area contributed by atoms with Crippen molar-refractivity contribution in [3.05, 3.63) is 52.1 Å². The van der Waals surface area contributed by atoms with Crippen molar-refractivity contribution >= 4 is 46.5 Å². The average Bonchev–Trinajstić information content (AvgIpc) is 2.76. The lowest BCUT2D eigenvalue weighted by Crippen LogP contribution is -2.31. The Kier molecular flexibility index (Phi) is 8.47. The van der Waals surface area contributed by atoms with Gasteiger partial charge in [0.1, 0.15) is 16.9 Å². The Balaban J connectivity index is 1.45. The quantitative estimate of drug-likeness (QED) is 0.575. The summed E-state index contributed by atoms with van der Waals surface area (Å²) < 4.78 is 5.87. The highest BCUT2D eigenvalue weighted by Gasteiger charge is 2.28. The van der Waals surface area contributed by atoms with Crippen LogP contribution in [0, 0.1) is 5.92 Å². The van der Waals surface area contributed by atoms with E-state index in [1.165, 1.54) is 13.1 Å². The summed E-state index contributed by atoms with van der Waals surface area (Å²) in [5, 5.41) is 6.42. The number of hydrogen-bond donors (Lipinski definition) is 2. The normalized spacial score (nSPS) is 18.0. The number of anilines is 1. The van der Waals surface area contributed by atoms with Gasteiger partial charge in [-0.1, -0.05) is 23.2 Å². The van der Waals surface area contributed by atoms with Gasteiger partial charge >= 0.3 is 0 Å². The molecule has 1 aromatic carbocycles. The van der Waals surface area contributed by atoms with Gasteiger partial charge < -0.3 is 15.4 Å². The number of ketones is 1. The lowest BCUT2D eigenvalue weighted by molar-refractivity contribution is -0.121. The van der Waals surface area contributed by atoms with Gasteiger partial charge in [-0.2, -0.15) is 0 Å². The molecule has 2 aromatic rings. The standard InChI is InChI=1S/C23H25Cl2N3O4/c1-14(29)10-11-26-21(30)15-2-6-18(7-3-15)28-22(31)16-4-8-19(9-5-16)32-23-20(25)12-17(24)13-27-23/h2-3,6-7,12-13,16,19H,4-5,8-11H2,1H3,(H,26,30)(H,28,31). The summed E-state index contributed by atoms with van der Waals surface area (Å²) in [6.07, 6.45) is 4.57. The van der Waals surface area contributed by atoms with E-state index < -0.39 is 0 Å². The molecule has 0 unspecified atom stereocenters. The van der Waals surface area contributed by atoms with Crippen LogP contribution in [0.25, 0.3) is 0 Å². The number of ether oxygens (including phenoxy) is 1. The highest BCUT2D eigenvalue weighted by atomic mass is 35.5. The van der Waals surface area contributed by atoms with Gasteiger partial charge in [-0.25, -0.2) is 4.98 Å². The maximum absolute atomic E-state index is 12.6. The van der Waals surface area contributed by atoms with E-state index in [9.17, 15) is 14.4 Å². The average molecular weight is 478 g/mol. The Morgan fingerprint density at radius 1 is 1.09 bits per heavy atom. The molecule has 7 nitrogen and oxygen atoms in total. The molecule has 1 heterocycles. The van der Waals surface area contributed by atoms with Gasteiger partial charge in [0.05, 0.1) is 5.02 Å². The Hall–Kier alpha value is -2.64. The summed E-state index contributed by atoms with van der Waals surface area (Å²) in [4.78, 5) is 39.8. The van der Waals surface area contributed by atoms with Gasteiger partial charge in [-0.05, 0) is 62.9 Å². The molecule has 32 heavy (non-hydrogen) atoms. The molecule has 0 bridgehead atoms. The Bertz CT molecular complexity index is 974. The Labute approximate surface area is 196 Å². The zero-order chi connectivity index (χ0) is 23.1. The van der Waals surface area contributed by atoms with Crippen LogP contribution >= 0.6 is 23.2 Å². The van der Waals surface area contributed by atoms with E-state index in [0.29, 0.717) is 53.0 Å². The molecule has 1 aromatic heterocycles.